The van der Waals surface area contributed by atoms with Gasteiger partial charge in [-0.15, -0.1) is 0 Å². The van der Waals surface area contributed by atoms with Crippen molar-refractivity contribution in [3.05, 3.63) is 64.9 Å². The minimum Gasteiger partial charge on any atom is -0.408 e. The van der Waals surface area contributed by atoms with Crippen molar-refractivity contribution in [3.8, 4) is 0 Å². The smallest absolute Gasteiger partial charge is 0.408 e. The number of aromatic nitrogens is 1. The first-order valence-electron chi connectivity index (χ1n) is 9.75. The molecule has 1 fully saturated rings. The van der Waals surface area contributed by atoms with Gasteiger partial charge < -0.3 is 19.5 Å². The molecule has 2 amide bonds. The number of carbonyl (C=O) groups is 2. The Kier molecular flexibility index (Phi) is 5.62. The van der Waals surface area contributed by atoms with Gasteiger partial charge in [0.1, 0.15) is 12.4 Å². The van der Waals surface area contributed by atoms with E-state index in [1.165, 1.54) is 22.8 Å². The quantitative estimate of drug-likeness (QED) is 0.621. The van der Waals surface area contributed by atoms with Crippen molar-refractivity contribution < 1.29 is 23.3 Å². The number of para-hydroxylation sites is 2. The Hall–Kier alpha value is -3.46. The van der Waals surface area contributed by atoms with Gasteiger partial charge in [0.25, 0.3) is 5.91 Å². The van der Waals surface area contributed by atoms with Crippen LogP contribution >= 0.6 is 0 Å². The average Bonchev–Trinajstić information content (AvgIpc) is 3.03. The third-order valence-electron chi connectivity index (χ3n) is 5.21. The van der Waals surface area contributed by atoms with Crippen molar-refractivity contribution in [2.24, 2.45) is 0 Å². The summed E-state index contributed by atoms with van der Waals surface area (Å²) in [6, 6.07) is 12.7. The number of fused-ring (bicyclic) bond motifs is 1. The molecule has 0 aliphatic carbocycles. The molecule has 2 N–H and O–H groups in total. The predicted molar refractivity (Wildman–Crippen MR) is 108 cm³/mol. The fourth-order valence-corrected chi connectivity index (χ4v) is 3.65. The Morgan fingerprint density at radius 1 is 1.10 bits per heavy atom. The minimum absolute atomic E-state index is 0.0781. The third kappa shape index (κ3) is 4.41. The van der Waals surface area contributed by atoms with Gasteiger partial charge in [0.05, 0.1) is 31.7 Å². The van der Waals surface area contributed by atoms with Gasteiger partial charge >= 0.3 is 5.76 Å². The molecule has 1 aromatic heterocycles. The fourth-order valence-electron chi connectivity index (χ4n) is 3.65. The highest BCUT2D eigenvalue weighted by molar-refractivity contribution is 5.91. The number of hydrogen-bond donors (Lipinski definition) is 2. The van der Waals surface area contributed by atoms with Crippen LogP contribution in [0.1, 0.15) is 0 Å². The number of carbonyl (C=O) groups excluding carboxylic acids is 2. The van der Waals surface area contributed by atoms with Gasteiger partial charge in [-0.1, -0.05) is 18.2 Å². The number of quaternary nitrogens is 1. The summed E-state index contributed by atoms with van der Waals surface area (Å²) in [4.78, 5) is 39.7. The van der Waals surface area contributed by atoms with E-state index in [1.807, 2.05) is 0 Å². The van der Waals surface area contributed by atoms with E-state index in [9.17, 15) is 18.8 Å². The molecular weight excluding hydrogens is 391 g/mol. The van der Waals surface area contributed by atoms with Crippen LogP contribution in [0.5, 0.6) is 0 Å². The number of halogens is 1. The topological polar surface area (TPSA) is 89.0 Å². The van der Waals surface area contributed by atoms with Crippen LogP contribution in [0.2, 0.25) is 0 Å². The zero-order valence-corrected chi connectivity index (χ0v) is 16.3. The van der Waals surface area contributed by atoms with Crippen molar-refractivity contribution >= 4 is 28.6 Å². The molecule has 0 atom stereocenters. The van der Waals surface area contributed by atoms with Crippen LogP contribution < -0.4 is 16.0 Å². The highest BCUT2D eigenvalue weighted by atomic mass is 19.1. The molecule has 156 valence electrons. The summed E-state index contributed by atoms with van der Waals surface area (Å²) in [5.74, 6) is -1.32. The van der Waals surface area contributed by atoms with E-state index in [0.717, 1.165) is 4.90 Å². The molecule has 0 bridgehead atoms. The molecule has 3 aromatic rings. The molecular formula is C21H22FN4O4+. The lowest BCUT2D eigenvalue weighted by Gasteiger charge is -2.31. The number of hydrogen-bond acceptors (Lipinski definition) is 4. The molecule has 4 rings (SSSR count). The lowest BCUT2D eigenvalue weighted by atomic mass is 10.2. The molecule has 9 heteroatoms. The Morgan fingerprint density at radius 3 is 2.63 bits per heavy atom. The molecule has 0 unspecified atom stereocenters. The van der Waals surface area contributed by atoms with Crippen LogP contribution in [-0.2, 0) is 16.1 Å². The van der Waals surface area contributed by atoms with E-state index in [4.69, 9.17) is 4.42 Å². The molecule has 0 saturated carbocycles. The predicted octanol–water partition coefficient (Wildman–Crippen LogP) is 0.0994. The van der Waals surface area contributed by atoms with E-state index in [2.05, 4.69) is 5.32 Å². The number of nitrogens with zero attached hydrogens (tertiary/aromatic N) is 2. The first kappa shape index (κ1) is 19.8. The van der Waals surface area contributed by atoms with Gasteiger partial charge in [0.2, 0.25) is 5.91 Å². The number of rotatable bonds is 5. The van der Waals surface area contributed by atoms with Gasteiger partial charge in [-0.05, 0) is 30.3 Å². The van der Waals surface area contributed by atoms with Gasteiger partial charge in [0.15, 0.2) is 12.1 Å². The zero-order chi connectivity index (χ0) is 21.1. The number of piperazine rings is 1. The van der Waals surface area contributed by atoms with E-state index in [0.29, 0.717) is 43.0 Å². The van der Waals surface area contributed by atoms with Crippen LogP contribution in [0, 0.1) is 5.82 Å². The lowest BCUT2D eigenvalue weighted by molar-refractivity contribution is -0.895. The first-order chi connectivity index (χ1) is 14.5. The van der Waals surface area contributed by atoms with Crippen molar-refractivity contribution in [1.82, 2.24) is 9.47 Å². The summed E-state index contributed by atoms with van der Waals surface area (Å²) < 4.78 is 19.7. The van der Waals surface area contributed by atoms with E-state index in [-0.39, 0.29) is 24.9 Å². The van der Waals surface area contributed by atoms with Crippen LogP contribution in [0.3, 0.4) is 0 Å². The van der Waals surface area contributed by atoms with Crippen LogP contribution in [0.4, 0.5) is 10.1 Å². The second-order valence-corrected chi connectivity index (χ2v) is 7.29. The van der Waals surface area contributed by atoms with E-state index < -0.39 is 11.6 Å². The molecule has 2 heterocycles. The summed E-state index contributed by atoms with van der Waals surface area (Å²) in [5.41, 5.74) is 1.47. The molecule has 8 nitrogen and oxygen atoms in total. The second-order valence-electron chi connectivity index (χ2n) is 7.29. The van der Waals surface area contributed by atoms with E-state index >= 15 is 0 Å². The van der Waals surface area contributed by atoms with Crippen LogP contribution in [0.25, 0.3) is 11.1 Å². The molecule has 0 spiro atoms. The summed E-state index contributed by atoms with van der Waals surface area (Å²) in [6.45, 7) is 2.38. The molecule has 1 saturated heterocycles. The maximum Gasteiger partial charge on any atom is 0.420 e. The Morgan fingerprint density at radius 2 is 1.87 bits per heavy atom. The van der Waals surface area contributed by atoms with Gasteiger partial charge in [0, 0.05) is 5.69 Å². The maximum absolute atomic E-state index is 13.2. The zero-order valence-electron chi connectivity index (χ0n) is 16.3. The summed E-state index contributed by atoms with van der Waals surface area (Å²) in [7, 11) is 0. The highest BCUT2D eigenvalue weighted by Gasteiger charge is 2.26. The maximum atomic E-state index is 13.2. The number of benzene rings is 2. The largest absolute Gasteiger partial charge is 0.420 e. The molecule has 1 aliphatic heterocycles. The second kappa shape index (κ2) is 8.50. The third-order valence-corrected chi connectivity index (χ3v) is 5.21. The monoisotopic (exact) mass is 413 g/mol. The summed E-state index contributed by atoms with van der Waals surface area (Å²) >= 11 is 0. The van der Waals surface area contributed by atoms with Gasteiger partial charge in [-0.3, -0.25) is 14.2 Å². The molecule has 2 aromatic carbocycles. The highest BCUT2D eigenvalue weighted by Crippen LogP contribution is 2.12. The van der Waals surface area contributed by atoms with Gasteiger partial charge in [-0.25, -0.2) is 9.18 Å². The summed E-state index contributed by atoms with van der Waals surface area (Å²) in [6.07, 6.45) is 0. The number of anilines is 1. The Bertz CT molecular complexity index is 1130. The first-order valence-corrected chi connectivity index (χ1v) is 9.75. The number of amides is 2. The van der Waals surface area contributed by atoms with Crippen LogP contribution in [0.15, 0.2) is 57.7 Å². The number of oxazole rings is 1. The Labute approximate surface area is 171 Å². The van der Waals surface area contributed by atoms with Crippen molar-refractivity contribution in [3.63, 3.8) is 0 Å². The van der Waals surface area contributed by atoms with Crippen molar-refractivity contribution in [1.29, 1.82) is 0 Å². The molecule has 30 heavy (non-hydrogen) atoms. The fraction of sp³-hybridized carbons (Fsp3) is 0.286. The molecule has 1 aliphatic rings. The SMILES string of the molecule is O=C(C[NH+]1CCN(C(=O)Cn2c(=O)oc3ccccc32)CC1)Nc1cccc(F)c1. The van der Waals surface area contributed by atoms with Crippen LogP contribution in [-0.4, -0.2) is 54.0 Å². The van der Waals surface area contributed by atoms with E-state index in [1.54, 1.807) is 35.2 Å². The average molecular weight is 413 g/mol. The van der Waals surface area contributed by atoms with Crippen molar-refractivity contribution in [2.45, 2.75) is 6.54 Å². The standard InChI is InChI=1S/C21H21FN4O4/c22-15-4-3-5-16(12-15)23-19(27)13-24-8-10-25(11-9-24)20(28)14-26-17-6-1-2-7-18(17)30-21(26)29/h1-7,12H,8-11,13-14H2,(H,23,27)/p+1. The number of nitrogens with one attached hydrogen (secondary N) is 2. The van der Waals surface area contributed by atoms with Gasteiger partial charge in [-0.2, -0.15) is 0 Å². The lowest BCUT2D eigenvalue weighted by Crippen LogP contribution is -3.15. The summed E-state index contributed by atoms with van der Waals surface area (Å²) in [5, 5.41) is 2.69. The van der Waals surface area contributed by atoms with Crippen molar-refractivity contribution in [2.75, 3.05) is 38.0 Å². The minimum atomic E-state index is -0.553. The Balaban J connectivity index is 1.29. The molecule has 0 radical (unpaired) electrons. The normalized spacial score (nSPS) is 14.8.